The Morgan fingerprint density at radius 2 is 1.79 bits per heavy atom. The van der Waals surface area contributed by atoms with Crippen LogP contribution in [0, 0.1) is 0 Å². The van der Waals surface area contributed by atoms with Crippen molar-refractivity contribution in [3.8, 4) is 23.0 Å². The lowest BCUT2D eigenvalue weighted by atomic mass is 10.1. The summed E-state index contributed by atoms with van der Waals surface area (Å²) in [5.41, 5.74) is 1.09. The summed E-state index contributed by atoms with van der Waals surface area (Å²) in [5, 5.41) is 7.34. The van der Waals surface area contributed by atoms with Crippen molar-refractivity contribution < 1.29 is 23.5 Å². The Bertz CT molecular complexity index is 942. The van der Waals surface area contributed by atoms with Gasteiger partial charge in [-0.15, -0.1) is 0 Å². The molecule has 1 aromatic heterocycles. The van der Waals surface area contributed by atoms with Gasteiger partial charge in [-0.2, -0.15) is 4.98 Å². The lowest BCUT2D eigenvalue weighted by Gasteiger charge is -2.20. The summed E-state index contributed by atoms with van der Waals surface area (Å²) in [4.78, 5) is 4.36. The Morgan fingerprint density at radius 3 is 2.59 bits per heavy atom. The van der Waals surface area contributed by atoms with E-state index in [1.165, 1.54) is 0 Å². The molecule has 3 aromatic rings. The Balaban J connectivity index is 1.28. The molecule has 2 heterocycles. The maximum absolute atomic E-state index is 5.67. The first-order valence-electron chi connectivity index (χ1n) is 9.42. The standard InChI is InChI=1S/C21H23N3O5/c1-14(15-3-8-18-19(11-15)27-10-9-26-18)22-12-21-23-20(24-29-21)13-28-17-6-4-16(25-2)5-7-17/h3-8,11,14,22H,9-10,12-13H2,1-2H3. The van der Waals surface area contributed by atoms with Crippen molar-refractivity contribution in [2.24, 2.45) is 0 Å². The smallest absolute Gasteiger partial charge is 0.240 e. The molecule has 29 heavy (non-hydrogen) atoms. The summed E-state index contributed by atoms with van der Waals surface area (Å²) in [6, 6.07) is 13.4. The van der Waals surface area contributed by atoms with Gasteiger partial charge in [0.2, 0.25) is 11.7 Å². The lowest BCUT2D eigenvalue weighted by molar-refractivity contribution is 0.171. The molecule has 1 unspecified atom stereocenters. The molecule has 0 saturated carbocycles. The van der Waals surface area contributed by atoms with Gasteiger partial charge in [0.25, 0.3) is 0 Å². The Morgan fingerprint density at radius 1 is 1.03 bits per heavy atom. The first-order chi connectivity index (χ1) is 14.2. The SMILES string of the molecule is COc1ccc(OCc2noc(CNC(C)c3ccc4c(c3)OCCO4)n2)cc1. The number of methoxy groups -OCH3 is 1. The van der Waals surface area contributed by atoms with Gasteiger partial charge < -0.3 is 28.8 Å². The maximum Gasteiger partial charge on any atom is 0.240 e. The van der Waals surface area contributed by atoms with E-state index in [1.54, 1.807) is 7.11 Å². The van der Waals surface area contributed by atoms with Gasteiger partial charge in [-0.1, -0.05) is 11.2 Å². The van der Waals surface area contributed by atoms with Crippen LogP contribution in [0.3, 0.4) is 0 Å². The number of fused-ring (bicyclic) bond motifs is 1. The van der Waals surface area contributed by atoms with E-state index >= 15 is 0 Å². The van der Waals surface area contributed by atoms with Crippen LogP contribution >= 0.6 is 0 Å². The van der Waals surface area contributed by atoms with Crippen molar-refractivity contribution in [2.75, 3.05) is 20.3 Å². The highest BCUT2D eigenvalue weighted by Gasteiger charge is 2.15. The van der Waals surface area contributed by atoms with Crippen LogP contribution < -0.4 is 24.3 Å². The quantitative estimate of drug-likeness (QED) is 0.620. The fourth-order valence-corrected chi connectivity index (χ4v) is 2.93. The van der Waals surface area contributed by atoms with Crippen LogP contribution in [0.15, 0.2) is 47.0 Å². The predicted octanol–water partition coefficient (Wildman–Crippen LogP) is 3.28. The normalized spacial score (nSPS) is 13.7. The summed E-state index contributed by atoms with van der Waals surface area (Å²) in [7, 11) is 1.62. The number of hydrogen-bond acceptors (Lipinski definition) is 8. The summed E-state index contributed by atoms with van der Waals surface area (Å²) in [6.07, 6.45) is 0. The molecule has 0 spiro atoms. The topological polar surface area (TPSA) is 87.9 Å². The molecule has 0 bridgehead atoms. The summed E-state index contributed by atoms with van der Waals surface area (Å²) >= 11 is 0. The molecule has 1 atom stereocenters. The van der Waals surface area contributed by atoms with E-state index in [0.717, 1.165) is 22.8 Å². The van der Waals surface area contributed by atoms with E-state index < -0.39 is 0 Å². The van der Waals surface area contributed by atoms with E-state index in [1.807, 2.05) is 42.5 Å². The fourth-order valence-electron chi connectivity index (χ4n) is 2.93. The zero-order chi connectivity index (χ0) is 20.1. The minimum Gasteiger partial charge on any atom is -0.497 e. The van der Waals surface area contributed by atoms with E-state index in [4.69, 9.17) is 23.5 Å². The fraction of sp³-hybridized carbons (Fsp3) is 0.333. The van der Waals surface area contributed by atoms with Crippen LogP contribution in [0.25, 0.3) is 0 Å². The maximum atomic E-state index is 5.67. The Hall–Kier alpha value is -3.26. The van der Waals surface area contributed by atoms with Gasteiger partial charge in [0.15, 0.2) is 18.1 Å². The van der Waals surface area contributed by atoms with E-state index in [0.29, 0.717) is 37.2 Å². The molecule has 4 rings (SSSR count). The largest absolute Gasteiger partial charge is 0.497 e. The van der Waals surface area contributed by atoms with E-state index in [2.05, 4.69) is 22.4 Å². The average Bonchev–Trinajstić information content (AvgIpc) is 3.24. The van der Waals surface area contributed by atoms with Crippen molar-refractivity contribution in [1.29, 1.82) is 0 Å². The molecule has 8 nitrogen and oxygen atoms in total. The highest BCUT2D eigenvalue weighted by Crippen LogP contribution is 2.32. The van der Waals surface area contributed by atoms with Crippen LogP contribution in [0.5, 0.6) is 23.0 Å². The van der Waals surface area contributed by atoms with Crippen LogP contribution in [-0.2, 0) is 13.2 Å². The molecule has 2 aromatic carbocycles. The number of rotatable bonds is 8. The number of nitrogens with one attached hydrogen (secondary N) is 1. The minimum atomic E-state index is 0.0803. The summed E-state index contributed by atoms with van der Waals surface area (Å²) in [6.45, 7) is 3.90. The third-order valence-corrected chi connectivity index (χ3v) is 4.56. The molecule has 1 aliphatic rings. The number of aromatic nitrogens is 2. The van der Waals surface area contributed by atoms with Crippen molar-refractivity contribution in [3.05, 3.63) is 59.7 Å². The zero-order valence-electron chi connectivity index (χ0n) is 16.4. The van der Waals surface area contributed by atoms with Gasteiger partial charge in [0.05, 0.1) is 13.7 Å². The molecule has 0 radical (unpaired) electrons. The highest BCUT2D eigenvalue weighted by atomic mass is 16.6. The first kappa shape index (κ1) is 19.1. The first-order valence-corrected chi connectivity index (χ1v) is 9.42. The second kappa shape index (κ2) is 8.83. The van der Waals surface area contributed by atoms with Gasteiger partial charge in [0.1, 0.15) is 24.7 Å². The average molecular weight is 397 g/mol. The molecule has 0 saturated heterocycles. The van der Waals surface area contributed by atoms with Crippen molar-refractivity contribution in [1.82, 2.24) is 15.5 Å². The highest BCUT2D eigenvalue weighted by molar-refractivity contribution is 5.44. The molecule has 0 amide bonds. The van der Waals surface area contributed by atoms with Crippen LogP contribution in [0.4, 0.5) is 0 Å². The van der Waals surface area contributed by atoms with Crippen molar-refractivity contribution in [2.45, 2.75) is 26.1 Å². The number of nitrogens with zero attached hydrogens (tertiary/aromatic N) is 2. The second-order valence-corrected chi connectivity index (χ2v) is 6.57. The van der Waals surface area contributed by atoms with Crippen LogP contribution in [0.1, 0.15) is 30.2 Å². The number of benzene rings is 2. The molecule has 1 aliphatic heterocycles. The molecule has 0 fully saturated rings. The van der Waals surface area contributed by atoms with Crippen LogP contribution in [0.2, 0.25) is 0 Å². The van der Waals surface area contributed by atoms with Gasteiger partial charge in [-0.05, 0) is 48.9 Å². The lowest BCUT2D eigenvalue weighted by Crippen LogP contribution is -2.19. The minimum absolute atomic E-state index is 0.0803. The summed E-state index contributed by atoms with van der Waals surface area (Å²) < 4.78 is 27.3. The second-order valence-electron chi connectivity index (χ2n) is 6.57. The van der Waals surface area contributed by atoms with E-state index in [-0.39, 0.29) is 12.6 Å². The number of ether oxygens (including phenoxy) is 4. The Labute approximate surface area is 168 Å². The Kier molecular flexibility index (Phi) is 5.81. The third-order valence-electron chi connectivity index (χ3n) is 4.56. The van der Waals surface area contributed by atoms with Gasteiger partial charge in [0, 0.05) is 6.04 Å². The van der Waals surface area contributed by atoms with Crippen molar-refractivity contribution >= 4 is 0 Å². The molecule has 1 N–H and O–H groups in total. The monoisotopic (exact) mass is 397 g/mol. The number of hydrogen-bond donors (Lipinski definition) is 1. The zero-order valence-corrected chi connectivity index (χ0v) is 16.4. The van der Waals surface area contributed by atoms with Crippen LogP contribution in [-0.4, -0.2) is 30.5 Å². The molecule has 0 aliphatic carbocycles. The third kappa shape index (κ3) is 4.78. The molecular weight excluding hydrogens is 374 g/mol. The molecule has 8 heteroatoms. The summed E-state index contributed by atoms with van der Waals surface area (Å²) in [5.74, 6) is 4.04. The van der Waals surface area contributed by atoms with Crippen molar-refractivity contribution in [3.63, 3.8) is 0 Å². The van der Waals surface area contributed by atoms with Gasteiger partial charge in [-0.3, -0.25) is 0 Å². The molecule has 152 valence electrons. The predicted molar refractivity (Wildman–Crippen MR) is 104 cm³/mol. The molecular formula is C21H23N3O5. The van der Waals surface area contributed by atoms with E-state index in [9.17, 15) is 0 Å². The van der Waals surface area contributed by atoms with Gasteiger partial charge in [-0.25, -0.2) is 0 Å². The van der Waals surface area contributed by atoms with Gasteiger partial charge >= 0.3 is 0 Å².